The Kier molecular flexibility index (Phi) is 4.45. The zero-order valence-corrected chi connectivity index (χ0v) is 13.5. The van der Waals surface area contributed by atoms with Crippen molar-refractivity contribution in [3.05, 3.63) is 42.2 Å². The van der Waals surface area contributed by atoms with Crippen LogP contribution in [0.4, 0.5) is 17.3 Å². The number of hydrogen-bond donors (Lipinski definition) is 2. The molecule has 1 aliphatic rings. The molecule has 5 nitrogen and oxygen atoms in total. The fourth-order valence-corrected chi connectivity index (χ4v) is 2.89. The van der Waals surface area contributed by atoms with E-state index in [1.165, 1.54) is 5.69 Å². The Morgan fingerprint density at radius 2 is 1.74 bits per heavy atom. The fourth-order valence-electron chi connectivity index (χ4n) is 2.89. The lowest BCUT2D eigenvalue weighted by Gasteiger charge is -2.37. The lowest BCUT2D eigenvalue weighted by Crippen LogP contribution is -2.54. The van der Waals surface area contributed by atoms with Crippen LogP contribution in [0.1, 0.15) is 19.4 Å². The van der Waals surface area contributed by atoms with Crippen LogP contribution >= 0.6 is 0 Å². The van der Waals surface area contributed by atoms with E-state index in [-0.39, 0.29) is 0 Å². The van der Waals surface area contributed by atoms with E-state index in [4.69, 9.17) is 6.42 Å². The second-order valence-corrected chi connectivity index (χ2v) is 5.99. The highest BCUT2D eigenvalue weighted by molar-refractivity contribution is 5.59. The van der Waals surface area contributed by atoms with Crippen LogP contribution in [0.3, 0.4) is 0 Å². The lowest BCUT2D eigenvalue weighted by molar-refractivity contribution is 0.407. The quantitative estimate of drug-likeness (QED) is 0.853. The van der Waals surface area contributed by atoms with Gasteiger partial charge in [0, 0.05) is 48.9 Å². The number of terminal acetylenes is 1. The molecule has 0 bridgehead atoms. The molecule has 5 heteroatoms. The van der Waals surface area contributed by atoms with Crippen molar-refractivity contribution in [2.24, 2.45) is 0 Å². The van der Waals surface area contributed by atoms with Crippen LogP contribution in [-0.4, -0.2) is 35.1 Å². The first-order chi connectivity index (χ1) is 11.1. The molecule has 118 valence electrons. The van der Waals surface area contributed by atoms with Crippen molar-refractivity contribution in [2.45, 2.75) is 25.9 Å². The molecule has 23 heavy (non-hydrogen) atoms. The van der Waals surface area contributed by atoms with Crippen molar-refractivity contribution in [3.63, 3.8) is 0 Å². The predicted octanol–water partition coefficient (Wildman–Crippen LogP) is 2.39. The van der Waals surface area contributed by atoms with Crippen molar-refractivity contribution in [2.75, 3.05) is 23.3 Å². The number of piperazine rings is 1. The molecule has 2 atom stereocenters. The van der Waals surface area contributed by atoms with Crippen molar-refractivity contribution in [1.82, 2.24) is 15.3 Å². The topological polar surface area (TPSA) is 53.1 Å². The molecular weight excluding hydrogens is 286 g/mol. The van der Waals surface area contributed by atoms with Gasteiger partial charge in [0.2, 0.25) is 5.95 Å². The van der Waals surface area contributed by atoms with Crippen molar-refractivity contribution < 1.29 is 0 Å². The number of hydrogen-bond acceptors (Lipinski definition) is 5. The summed E-state index contributed by atoms with van der Waals surface area (Å²) >= 11 is 0. The first kappa shape index (κ1) is 15.3. The number of nitrogens with one attached hydrogen (secondary N) is 2. The standard InChI is InChI=1S/C18H21N5/c1-4-15-9-19-18(20-10-15)22-16-5-7-17(8-6-16)23-11-13(2)21-14(3)12-23/h1,5-10,13-14,21H,11-12H2,2-3H3,(H,19,20,22)/t13-,14+. The minimum atomic E-state index is 0.500. The van der Waals surface area contributed by atoms with Crippen LogP contribution in [0.25, 0.3) is 0 Å². The van der Waals surface area contributed by atoms with E-state index < -0.39 is 0 Å². The maximum absolute atomic E-state index is 5.30. The molecule has 1 saturated heterocycles. The predicted molar refractivity (Wildman–Crippen MR) is 94.0 cm³/mol. The van der Waals surface area contributed by atoms with Gasteiger partial charge in [-0.25, -0.2) is 9.97 Å². The van der Waals surface area contributed by atoms with Gasteiger partial charge in [-0.05, 0) is 38.1 Å². The van der Waals surface area contributed by atoms with E-state index in [9.17, 15) is 0 Å². The Hall–Kier alpha value is -2.58. The third-order valence-electron chi connectivity index (χ3n) is 3.86. The van der Waals surface area contributed by atoms with E-state index in [1.54, 1.807) is 12.4 Å². The van der Waals surface area contributed by atoms with Gasteiger partial charge >= 0.3 is 0 Å². The summed E-state index contributed by atoms with van der Waals surface area (Å²) in [6, 6.07) is 9.35. The van der Waals surface area contributed by atoms with E-state index in [2.05, 4.69) is 57.4 Å². The van der Waals surface area contributed by atoms with Gasteiger partial charge in [-0.2, -0.15) is 0 Å². The third-order valence-corrected chi connectivity index (χ3v) is 3.86. The molecule has 2 aromatic rings. The first-order valence-electron chi connectivity index (χ1n) is 7.81. The van der Waals surface area contributed by atoms with Crippen LogP contribution in [-0.2, 0) is 0 Å². The molecule has 0 unspecified atom stereocenters. The number of aromatic nitrogens is 2. The van der Waals surface area contributed by atoms with E-state index in [0.29, 0.717) is 23.6 Å². The summed E-state index contributed by atoms with van der Waals surface area (Å²) < 4.78 is 0. The van der Waals surface area contributed by atoms with Crippen LogP contribution < -0.4 is 15.5 Å². The van der Waals surface area contributed by atoms with Gasteiger partial charge in [-0.15, -0.1) is 6.42 Å². The zero-order valence-electron chi connectivity index (χ0n) is 13.5. The highest BCUT2D eigenvalue weighted by Crippen LogP contribution is 2.21. The molecule has 1 aromatic heterocycles. The molecule has 2 N–H and O–H groups in total. The summed E-state index contributed by atoms with van der Waals surface area (Å²) in [5.74, 6) is 3.05. The van der Waals surface area contributed by atoms with E-state index in [1.807, 2.05) is 12.1 Å². The zero-order chi connectivity index (χ0) is 16.2. The maximum Gasteiger partial charge on any atom is 0.227 e. The third kappa shape index (κ3) is 3.79. The molecule has 1 aromatic carbocycles. The van der Waals surface area contributed by atoms with Crippen LogP contribution in [0.2, 0.25) is 0 Å². The SMILES string of the molecule is C#Cc1cnc(Nc2ccc(N3C[C@@H](C)N[C@@H](C)C3)cc2)nc1. The summed E-state index contributed by atoms with van der Waals surface area (Å²) in [5, 5.41) is 6.73. The second kappa shape index (κ2) is 6.67. The molecule has 0 aliphatic carbocycles. The number of benzene rings is 1. The lowest BCUT2D eigenvalue weighted by atomic mass is 10.1. The summed E-state index contributed by atoms with van der Waals surface area (Å²) in [6.07, 6.45) is 8.56. The molecule has 0 saturated carbocycles. The summed E-state index contributed by atoms with van der Waals surface area (Å²) in [5.41, 5.74) is 2.87. The summed E-state index contributed by atoms with van der Waals surface area (Å²) in [7, 11) is 0. The van der Waals surface area contributed by atoms with Crippen LogP contribution in [0.15, 0.2) is 36.7 Å². The van der Waals surface area contributed by atoms with Crippen LogP contribution in [0, 0.1) is 12.3 Å². The average molecular weight is 307 g/mol. The van der Waals surface area contributed by atoms with Crippen molar-refractivity contribution in [3.8, 4) is 12.3 Å². The fraction of sp³-hybridized carbons (Fsp3) is 0.333. The Morgan fingerprint density at radius 3 is 2.30 bits per heavy atom. The Morgan fingerprint density at radius 1 is 1.13 bits per heavy atom. The minimum absolute atomic E-state index is 0.500. The Balaban J connectivity index is 1.68. The van der Waals surface area contributed by atoms with Gasteiger partial charge < -0.3 is 15.5 Å². The van der Waals surface area contributed by atoms with Gasteiger partial charge in [0.05, 0.1) is 5.56 Å². The second-order valence-electron chi connectivity index (χ2n) is 5.99. The Bertz CT molecular complexity index is 677. The number of nitrogens with zero attached hydrogens (tertiary/aromatic N) is 3. The molecule has 2 heterocycles. The largest absolute Gasteiger partial charge is 0.368 e. The molecule has 0 spiro atoms. The highest BCUT2D eigenvalue weighted by atomic mass is 15.2. The molecular formula is C18H21N5. The smallest absolute Gasteiger partial charge is 0.227 e. The van der Waals surface area contributed by atoms with Gasteiger partial charge in [-0.1, -0.05) is 5.92 Å². The van der Waals surface area contributed by atoms with Gasteiger partial charge in [0.25, 0.3) is 0 Å². The average Bonchev–Trinajstić information content (AvgIpc) is 2.55. The molecule has 3 rings (SSSR count). The Labute approximate surface area is 137 Å². The first-order valence-corrected chi connectivity index (χ1v) is 7.81. The molecule has 0 radical (unpaired) electrons. The molecule has 0 amide bonds. The van der Waals surface area contributed by atoms with Gasteiger partial charge in [-0.3, -0.25) is 0 Å². The maximum atomic E-state index is 5.30. The molecule has 1 fully saturated rings. The molecule has 1 aliphatic heterocycles. The van der Waals surface area contributed by atoms with Crippen molar-refractivity contribution in [1.29, 1.82) is 0 Å². The minimum Gasteiger partial charge on any atom is -0.368 e. The normalized spacial score (nSPS) is 20.8. The van der Waals surface area contributed by atoms with E-state index >= 15 is 0 Å². The van der Waals surface area contributed by atoms with Gasteiger partial charge in [0.1, 0.15) is 0 Å². The number of anilines is 3. The van der Waals surface area contributed by atoms with Crippen molar-refractivity contribution >= 4 is 17.3 Å². The highest BCUT2D eigenvalue weighted by Gasteiger charge is 2.20. The van der Waals surface area contributed by atoms with E-state index in [0.717, 1.165) is 18.8 Å². The summed E-state index contributed by atoms with van der Waals surface area (Å²) in [4.78, 5) is 10.8. The number of rotatable bonds is 3. The summed E-state index contributed by atoms with van der Waals surface area (Å²) in [6.45, 7) is 6.48. The van der Waals surface area contributed by atoms with Crippen LogP contribution in [0.5, 0.6) is 0 Å². The van der Waals surface area contributed by atoms with Gasteiger partial charge in [0.15, 0.2) is 0 Å². The monoisotopic (exact) mass is 307 g/mol.